The zero-order valence-electron chi connectivity index (χ0n) is 17.0. The molecule has 3 aromatic carbocycles. The van der Waals surface area contributed by atoms with E-state index in [2.05, 4.69) is 58.6 Å². The predicted octanol–water partition coefficient (Wildman–Crippen LogP) is 5.36. The summed E-state index contributed by atoms with van der Waals surface area (Å²) < 4.78 is 9.90. The molecule has 152 valence electrons. The SMILES string of the molecule is c1ccc(COc2ccc(Cn3nccc3-c3ccc(-n4ccnc4)cc3)cc2)cc1. The summed E-state index contributed by atoms with van der Waals surface area (Å²) in [7, 11) is 0. The van der Waals surface area contributed by atoms with Crippen LogP contribution in [0.5, 0.6) is 5.75 Å². The van der Waals surface area contributed by atoms with Crippen LogP contribution in [0.1, 0.15) is 11.1 Å². The number of hydrogen-bond acceptors (Lipinski definition) is 3. The van der Waals surface area contributed by atoms with Crippen LogP contribution in [0.3, 0.4) is 0 Å². The van der Waals surface area contributed by atoms with E-state index in [-0.39, 0.29) is 0 Å². The first-order valence-electron chi connectivity index (χ1n) is 10.2. The Hall–Kier alpha value is -4.12. The number of rotatable bonds is 7. The molecule has 0 aliphatic heterocycles. The zero-order chi connectivity index (χ0) is 20.9. The van der Waals surface area contributed by atoms with Crippen molar-refractivity contribution in [2.24, 2.45) is 0 Å². The van der Waals surface area contributed by atoms with Crippen LogP contribution < -0.4 is 4.74 Å². The molecule has 5 heteroatoms. The topological polar surface area (TPSA) is 44.9 Å². The first-order valence-corrected chi connectivity index (χ1v) is 10.2. The molecule has 0 radical (unpaired) electrons. The third-order valence-corrected chi connectivity index (χ3v) is 5.19. The summed E-state index contributed by atoms with van der Waals surface area (Å²) in [5, 5.41) is 4.53. The van der Waals surface area contributed by atoms with Gasteiger partial charge in [-0.15, -0.1) is 0 Å². The second kappa shape index (κ2) is 8.71. The van der Waals surface area contributed by atoms with Gasteiger partial charge in [0.05, 0.1) is 18.6 Å². The fourth-order valence-corrected chi connectivity index (χ4v) is 3.52. The molecular weight excluding hydrogens is 384 g/mol. The number of hydrogen-bond donors (Lipinski definition) is 0. The van der Waals surface area contributed by atoms with Crippen molar-refractivity contribution in [3.05, 3.63) is 121 Å². The fourth-order valence-electron chi connectivity index (χ4n) is 3.52. The van der Waals surface area contributed by atoms with Crippen molar-refractivity contribution >= 4 is 0 Å². The van der Waals surface area contributed by atoms with Crippen molar-refractivity contribution in [3.63, 3.8) is 0 Å². The molecule has 0 atom stereocenters. The van der Waals surface area contributed by atoms with Gasteiger partial charge in [-0.2, -0.15) is 5.10 Å². The molecule has 31 heavy (non-hydrogen) atoms. The molecule has 0 amide bonds. The zero-order valence-corrected chi connectivity index (χ0v) is 17.0. The monoisotopic (exact) mass is 406 g/mol. The highest BCUT2D eigenvalue weighted by Crippen LogP contribution is 2.22. The van der Waals surface area contributed by atoms with E-state index in [1.54, 1.807) is 12.5 Å². The van der Waals surface area contributed by atoms with E-state index in [9.17, 15) is 0 Å². The number of ether oxygens (including phenoxy) is 1. The van der Waals surface area contributed by atoms with E-state index in [1.807, 2.05) is 58.0 Å². The van der Waals surface area contributed by atoms with Gasteiger partial charge < -0.3 is 9.30 Å². The van der Waals surface area contributed by atoms with Crippen LogP contribution in [0.15, 0.2) is 110 Å². The highest BCUT2D eigenvalue weighted by Gasteiger charge is 2.07. The minimum atomic E-state index is 0.568. The van der Waals surface area contributed by atoms with Crippen molar-refractivity contribution in [2.45, 2.75) is 13.2 Å². The van der Waals surface area contributed by atoms with E-state index in [4.69, 9.17) is 4.74 Å². The van der Waals surface area contributed by atoms with E-state index < -0.39 is 0 Å². The van der Waals surface area contributed by atoms with Crippen LogP contribution in [-0.2, 0) is 13.2 Å². The highest BCUT2D eigenvalue weighted by molar-refractivity contribution is 5.61. The Morgan fingerprint density at radius 3 is 2.29 bits per heavy atom. The lowest BCUT2D eigenvalue weighted by molar-refractivity contribution is 0.306. The number of nitrogens with zero attached hydrogens (tertiary/aromatic N) is 4. The average molecular weight is 406 g/mol. The molecule has 5 rings (SSSR count). The second-order valence-corrected chi connectivity index (χ2v) is 7.31. The van der Waals surface area contributed by atoms with Crippen molar-refractivity contribution in [3.8, 4) is 22.7 Å². The number of aromatic nitrogens is 4. The number of benzene rings is 3. The van der Waals surface area contributed by atoms with Gasteiger partial charge in [-0.1, -0.05) is 54.6 Å². The Kier molecular flexibility index (Phi) is 5.31. The molecule has 5 nitrogen and oxygen atoms in total. The van der Waals surface area contributed by atoms with Gasteiger partial charge in [0.2, 0.25) is 0 Å². The Labute approximate surface area is 181 Å². The smallest absolute Gasteiger partial charge is 0.119 e. The lowest BCUT2D eigenvalue weighted by atomic mass is 10.1. The van der Waals surface area contributed by atoms with Crippen LogP contribution in [0.4, 0.5) is 0 Å². The van der Waals surface area contributed by atoms with Gasteiger partial charge >= 0.3 is 0 Å². The summed E-state index contributed by atoms with van der Waals surface area (Å²) in [6.07, 6.45) is 7.36. The summed E-state index contributed by atoms with van der Waals surface area (Å²) in [5.74, 6) is 0.864. The van der Waals surface area contributed by atoms with Gasteiger partial charge in [-0.05, 0) is 47.0 Å². The first-order chi connectivity index (χ1) is 15.3. The lowest BCUT2D eigenvalue weighted by Crippen LogP contribution is -2.04. The molecule has 0 aliphatic carbocycles. The Balaban J connectivity index is 1.26. The molecule has 0 saturated carbocycles. The van der Waals surface area contributed by atoms with Gasteiger partial charge in [0.25, 0.3) is 0 Å². The molecule has 0 fully saturated rings. The summed E-state index contributed by atoms with van der Waals surface area (Å²) in [5.41, 5.74) is 5.63. The quantitative estimate of drug-likeness (QED) is 0.365. The molecule has 0 saturated heterocycles. The van der Waals surface area contributed by atoms with E-state index >= 15 is 0 Å². The molecule has 0 unspecified atom stereocenters. The van der Waals surface area contributed by atoms with Gasteiger partial charge in [0.1, 0.15) is 12.4 Å². The van der Waals surface area contributed by atoms with Crippen LogP contribution >= 0.6 is 0 Å². The molecule has 5 aromatic rings. The van der Waals surface area contributed by atoms with Crippen molar-refractivity contribution in [2.75, 3.05) is 0 Å². The van der Waals surface area contributed by atoms with Crippen LogP contribution in [0, 0.1) is 0 Å². The minimum Gasteiger partial charge on any atom is -0.489 e. The molecule has 0 spiro atoms. The van der Waals surface area contributed by atoms with Gasteiger partial charge in [-0.25, -0.2) is 4.98 Å². The fraction of sp³-hybridized carbons (Fsp3) is 0.0769. The second-order valence-electron chi connectivity index (χ2n) is 7.31. The molecule has 0 aliphatic rings. The lowest BCUT2D eigenvalue weighted by Gasteiger charge is -2.10. The summed E-state index contributed by atoms with van der Waals surface area (Å²) in [6.45, 7) is 1.27. The van der Waals surface area contributed by atoms with Gasteiger partial charge in [-0.3, -0.25) is 4.68 Å². The maximum absolute atomic E-state index is 5.89. The molecule has 2 aromatic heterocycles. The first kappa shape index (κ1) is 18.9. The largest absolute Gasteiger partial charge is 0.489 e. The molecule has 2 heterocycles. The van der Waals surface area contributed by atoms with E-state index in [1.165, 1.54) is 5.56 Å². The Bertz CT molecular complexity index is 1230. The van der Waals surface area contributed by atoms with E-state index in [0.717, 1.165) is 28.3 Å². The normalized spacial score (nSPS) is 10.8. The van der Waals surface area contributed by atoms with Gasteiger partial charge in [0, 0.05) is 24.3 Å². The van der Waals surface area contributed by atoms with Crippen molar-refractivity contribution < 1.29 is 4.74 Å². The third-order valence-electron chi connectivity index (χ3n) is 5.19. The molecule has 0 N–H and O–H groups in total. The third kappa shape index (κ3) is 4.41. The maximum atomic E-state index is 5.89. The average Bonchev–Trinajstić information content (AvgIpc) is 3.52. The van der Waals surface area contributed by atoms with Gasteiger partial charge in [0.15, 0.2) is 0 Å². The summed E-state index contributed by atoms with van der Waals surface area (Å²) in [6, 6.07) is 28.9. The maximum Gasteiger partial charge on any atom is 0.119 e. The van der Waals surface area contributed by atoms with Crippen molar-refractivity contribution in [1.29, 1.82) is 0 Å². The summed E-state index contributed by atoms with van der Waals surface area (Å²) >= 11 is 0. The van der Waals surface area contributed by atoms with Crippen molar-refractivity contribution in [1.82, 2.24) is 19.3 Å². The summed E-state index contributed by atoms with van der Waals surface area (Å²) in [4.78, 5) is 4.10. The van der Waals surface area contributed by atoms with E-state index in [0.29, 0.717) is 13.2 Å². The minimum absolute atomic E-state index is 0.568. The predicted molar refractivity (Wildman–Crippen MR) is 121 cm³/mol. The molecular formula is C26H22N4O. The van der Waals surface area contributed by atoms with Crippen LogP contribution in [0.2, 0.25) is 0 Å². The van der Waals surface area contributed by atoms with Crippen LogP contribution in [0.25, 0.3) is 16.9 Å². The standard InChI is InChI=1S/C26H22N4O/c1-2-4-22(5-3-1)19-31-25-12-6-21(7-13-25)18-30-26(14-15-28-30)23-8-10-24(11-9-23)29-17-16-27-20-29/h1-17,20H,18-19H2. The Morgan fingerprint density at radius 1 is 0.742 bits per heavy atom. The Morgan fingerprint density at radius 2 is 1.55 bits per heavy atom. The number of imidazole rings is 1. The van der Waals surface area contributed by atoms with Crippen LogP contribution in [-0.4, -0.2) is 19.3 Å². The molecule has 0 bridgehead atoms. The highest BCUT2D eigenvalue weighted by atomic mass is 16.5.